The molecule has 2 N–H and O–H groups in total. The van der Waals surface area contributed by atoms with Crippen LogP contribution in [0.25, 0.3) is 0 Å². The van der Waals surface area contributed by atoms with Crippen molar-refractivity contribution in [3.63, 3.8) is 0 Å². The molecule has 0 radical (unpaired) electrons. The van der Waals surface area contributed by atoms with Crippen LogP contribution in [0.15, 0.2) is 0 Å². The van der Waals surface area contributed by atoms with Gasteiger partial charge in [-0.1, -0.05) is 13.8 Å². The lowest BCUT2D eigenvalue weighted by molar-refractivity contribution is -0.129. The molecular formula is C11H22N2O. The summed E-state index contributed by atoms with van der Waals surface area (Å²) in [6.45, 7) is 6.20. The molecule has 0 aromatic heterocycles. The molecule has 1 heterocycles. The maximum absolute atomic E-state index is 11.7. The van der Waals surface area contributed by atoms with Crippen LogP contribution in [0, 0.1) is 17.8 Å². The fraction of sp³-hybridized carbons (Fsp3) is 0.909. The number of hydrogen-bond donors (Lipinski definition) is 2. The van der Waals surface area contributed by atoms with Gasteiger partial charge in [-0.3, -0.25) is 4.79 Å². The predicted molar refractivity (Wildman–Crippen MR) is 58.0 cm³/mol. The summed E-state index contributed by atoms with van der Waals surface area (Å²) in [4.78, 5) is 11.7. The van der Waals surface area contributed by atoms with Crippen LogP contribution in [0.1, 0.15) is 26.7 Å². The molecule has 0 aromatic rings. The molecule has 1 amide bonds. The Hall–Kier alpha value is -0.570. The highest BCUT2D eigenvalue weighted by atomic mass is 16.1. The average Bonchev–Trinajstić information content (AvgIpc) is 2.15. The SMILES string of the molecule is CNCC(C(C)C)C1CCCNC1=O. The van der Waals surface area contributed by atoms with Gasteiger partial charge in [-0.25, -0.2) is 0 Å². The minimum atomic E-state index is 0.219. The minimum absolute atomic E-state index is 0.219. The van der Waals surface area contributed by atoms with E-state index >= 15 is 0 Å². The van der Waals surface area contributed by atoms with Crippen LogP contribution in [0.2, 0.25) is 0 Å². The average molecular weight is 198 g/mol. The van der Waals surface area contributed by atoms with Gasteiger partial charge in [-0.2, -0.15) is 0 Å². The maximum Gasteiger partial charge on any atom is 0.223 e. The van der Waals surface area contributed by atoms with E-state index in [-0.39, 0.29) is 11.8 Å². The van der Waals surface area contributed by atoms with Gasteiger partial charge >= 0.3 is 0 Å². The Morgan fingerprint density at radius 2 is 2.29 bits per heavy atom. The van der Waals surface area contributed by atoms with E-state index in [1.807, 2.05) is 7.05 Å². The summed E-state index contributed by atoms with van der Waals surface area (Å²) in [6.07, 6.45) is 2.18. The van der Waals surface area contributed by atoms with Gasteiger partial charge in [0.1, 0.15) is 0 Å². The predicted octanol–water partition coefficient (Wildman–Crippen LogP) is 1.00. The molecular weight excluding hydrogens is 176 g/mol. The van der Waals surface area contributed by atoms with Crippen molar-refractivity contribution in [2.24, 2.45) is 17.8 Å². The zero-order chi connectivity index (χ0) is 10.6. The molecule has 0 aliphatic carbocycles. The summed E-state index contributed by atoms with van der Waals surface area (Å²) in [5, 5.41) is 6.15. The molecule has 1 aliphatic heterocycles. The standard InChI is InChI=1S/C11H22N2O/c1-8(2)10(7-12-3)9-5-4-6-13-11(9)14/h8-10,12H,4-7H2,1-3H3,(H,13,14). The van der Waals surface area contributed by atoms with Crippen molar-refractivity contribution >= 4 is 5.91 Å². The van der Waals surface area contributed by atoms with Gasteiger partial charge in [-0.05, 0) is 38.3 Å². The van der Waals surface area contributed by atoms with Gasteiger partial charge < -0.3 is 10.6 Å². The molecule has 0 aromatic carbocycles. The van der Waals surface area contributed by atoms with Crippen molar-refractivity contribution in [2.75, 3.05) is 20.1 Å². The van der Waals surface area contributed by atoms with Crippen LogP contribution in [0.5, 0.6) is 0 Å². The van der Waals surface area contributed by atoms with E-state index in [1.54, 1.807) is 0 Å². The highest BCUT2D eigenvalue weighted by molar-refractivity contribution is 5.79. The van der Waals surface area contributed by atoms with Crippen molar-refractivity contribution < 1.29 is 4.79 Å². The third kappa shape index (κ3) is 2.71. The van der Waals surface area contributed by atoms with Gasteiger partial charge in [-0.15, -0.1) is 0 Å². The second kappa shape index (κ2) is 5.35. The maximum atomic E-state index is 11.7. The van der Waals surface area contributed by atoms with Crippen LogP contribution in [-0.4, -0.2) is 26.0 Å². The van der Waals surface area contributed by atoms with E-state index in [4.69, 9.17) is 0 Å². The van der Waals surface area contributed by atoms with Gasteiger partial charge in [0.25, 0.3) is 0 Å². The first kappa shape index (κ1) is 11.5. The Kier molecular flexibility index (Phi) is 4.39. The fourth-order valence-electron chi connectivity index (χ4n) is 2.28. The number of carbonyl (C=O) groups is 1. The number of nitrogens with one attached hydrogen (secondary N) is 2. The monoisotopic (exact) mass is 198 g/mol. The Morgan fingerprint density at radius 3 is 2.79 bits per heavy atom. The molecule has 0 saturated carbocycles. The summed E-state index contributed by atoms with van der Waals surface area (Å²) in [6, 6.07) is 0. The third-order valence-electron chi connectivity index (χ3n) is 3.14. The van der Waals surface area contributed by atoms with E-state index in [2.05, 4.69) is 24.5 Å². The molecule has 82 valence electrons. The number of carbonyl (C=O) groups excluding carboxylic acids is 1. The number of rotatable bonds is 4. The lowest BCUT2D eigenvalue weighted by Crippen LogP contribution is -2.44. The molecule has 1 rings (SSSR count). The molecule has 14 heavy (non-hydrogen) atoms. The van der Waals surface area contributed by atoms with Crippen molar-refractivity contribution in [1.29, 1.82) is 0 Å². The van der Waals surface area contributed by atoms with Gasteiger partial charge in [0.15, 0.2) is 0 Å². The molecule has 2 atom stereocenters. The quantitative estimate of drug-likeness (QED) is 0.707. The van der Waals surface area contributed by atoms with Crippen molar-refractivity contribution in [3.8, 4) is 0 Å². The topological polar surface area (TPSA) is 41.1 Å². The summed E-state index contributed by atoms with van der Waals surface area (Å²) in [5.41, 5.74) is 0. The first-order chi connectivity index (χ1) is 6.66. The Morgan fingerprint density at radius 1 is 1.57 bits per heavy atom. The van der Waals surface area contributed by atoms with E-state index < -0.39 is 0 Å². The van der Waals surface area contributed by atoms with Crippen molar-refractivity contribution in [1.82, 2.24) is 10.6 Å². The van der Waals surface area contributed by atoms with E-state index in [9.17, 15) is 4.79 Å². The highest BCUT2D eigenvalue weighted by Gasteiger charge is 2.31. The highest BCUT2D eigenvalue weighted by Crippen LogP contribution is 2.26. The van der Waals surface area contributed by atoms with E-state index in [0.29, 0.717) is 11.8 Å². The third-order valence-corrected chi connectivity index (χ3v) is 3.14. The van der Waals surface area contributed by atoms with Crippen LogP contribution >= 0.6 is 0 Å². The van der Waals surface area contributed by atoms with Crippen molar-refractivity contribution in [2.45, 2.75) is 26.7 Å². The Labute approximate surface area is 86.6 Å². The molecule has 0 spiro atoms. The van der Waals surface area contributed by atoms with Gasteiger partial charge in [0.2, 0.25) is 5.91 Å². The van der Waals surface area contributed by atoms with Crippen molar-refractivity contribution in [3.05, 3.63) is 0 Å². The molecule has 3 nitrogen and oxygen atoms in total. The largest absolute Gasteiger partial charge is 0.356 e. The second-order valence-corrected chi connectivity index (χ2v) is 4.51. The van der Waals surface area contributed by atoms with Gasteiger partial charge in [0.05, 0.1) is 0 Å². The summed E-state index contributed by atoms with van der Waals surface area (Å²) in [5.74, 6) is 1.51. The minimum Gasteiger partial charge on any atom is -0.356 e. The molecule has 1 fully saturated rings. The summed E-state index contributed by atoms with van der Waals surface area (Å²) >= 11 is 0. The number of amides is 1. The van der Waals surface area contributed by atoms with E-state index in [0.717, 1.165) is 25.9 Å². The lowest BCUT2D eigenvalue weighted by atomic mass is 9.79. The Balaban J connectivity index is 2.60. The molecule has 3 heteroatoms. The smallest absolute Gasteiger partial charge is 0.223 e. The number of hydrogen-bond acceptors (Lipinski definition) is 2. The van der Waals surface area contributed by atoms with Crippen LogP contribution in [-0.2, 0) is 4.79 Å². The van der Waals surface area contributed by atoms with Crippen LogP contribution in [0.3, 0.4) is 0 Å². The normalized spacial score (nSPS) is 24.9. The fourth-order valence-corrected chi connectivity index (χ4v) is 2.28. The number of piperidine rings is 1. The zero-order valence-electron chi connectivity index (χ0n) is 9.47. The summed E-state index contributed by atoms with van der Waals surface area (Å²) < 4.78 is 0. The first-order valence-electron chi connectivity index (χ1n) is 5.59. The lowest BCUT2D eigenvalue weighted by Gasteiger charge is -2.32. The molecule has 1 aliphatic rings. The summed E-state index contributed by atoms with van der Waals surface area (Å²) in [7, 11) is 1.95. The zero-order valence-corrected chi connectivity index (χ0v) is 9.47. The van der Waals surface area contributed by atoms with E-state index in [1.165, 1.54) is 0 Å². The van der Waals surface area contributed by atoms with Crippen LogP contribution < -0.4 is 10.6 Å². The first-order valence-corrected chi connectivity index (χ1v) is 5.59. The van der Waals surface area contributed by atoms with Crippen LogP contribution in [0.4, 0.5) is 0 Å². The molecule has 0 bridgehead atoms. The molecule has 1 saturated heterocycles. The second-order valence-electron chi connectivity index (χ2n) is 4.51. The van der Waals surface area contributed by atoms with Gasteiger partial charge in [0, 0.05) is 12.5 Å². The molecule has 2 unspecified atom stereocenters. The Bertz CT molecular complexity index is 192.